The molecule has 9 nitrogen and oxygen atoms in total. The Hall–Kier alpha value is -2.54. The van der Waals surface area contributed by atoms with Crippen molar-refractivity contribution in [1.29, 1.82) is 0 Å². The Morgan fingerprint density at radius 3 is 2.44 bits per heavy atom. The van der Waals surface area contributed by atoms with E-state index in [1.54, 1.807) is 40.7 Å². The van der Waals surface area contributed by atoms with Crippen molar-refractivity contribution in [2.24, 2.45) is 0 Å². The Balaban J connectivity index is 0.966. The van der Waals surface area contributed by atoms with E-state index in [4.69, 9.17) is 9.47 Å². The molecule has 2 N–H and O–H groups in total. The van der Waals surface area contributed by atoms with Gasteiger partial charge in [-0.1, -0.05) is 49.2 Å². The van der Waals surface area contributed by atoms with E-state index in [2.05, 4.69) is 5.32 Å². The predicted octanol–water partition coefficient (Wildman–Crippen LogP) is 3.90. The molecule has 1 aliphatic carbocycles. The van der Waals surface area contributed by atoms with E-state index in [1.807, 2.05) is 30.3 Å². The molecule has 2 aliphatic heterocycles. The van der Waals surface area contributed by atoms with Crippen molar-refractivity contribution >= 4 is 30.6 Å². The number of piperidine rings is 1. The molecule has 3 aliphatic rings. The van der Waals surface area contributed by atoms with Crippen molar-refractivity contribution in [2.45, 2.75) is 77.7 Å². The van der Waals surface area contributed by atoms with Crippen LogP contribution in [0.1, 0.15) is 44.9 Å². The normalized spacial score (nSPS) is 22.3. The van der Waals surface area contributed by atoms with Crippen molar-refractivity contribution < 1.29 is 31.4 Å². The van der Waals surface area contributed by atoms with E-state index in [9.17, 15) is 21.9 Å². The summed E-state index contributed by atoms with van der Waals surface area (Å²) in [6.45, 7) is 1.61. The summed E-state index contributed by atoms with van der Waals surface area (Å²) in [7, 11) is -6.97. The van der Waals surface area contributed by atoms with Gasteiger partial charge in [-0.25, -0.2) is 16.8 Å². The van der Waals surface area contributed by atoms with Gasteiger partial charge in [0.15, 0.2) is 9.84 Å². The number of nitrogens with one attached hydrogen (secondary N) is 1. The van der Waals surface area contributed by atoms with Crippen LogP contribution < -0.4 is 10.1 Å². The molecule has 43 heavy (non-hydrogen) atoms. The van der Waals surface area contributed by atoms with Crippen LogP contribution >= 0.6 is 0 Å². The fourth-order valence-corrected chi connectivity index (χ4v) is 9.99. The number of hydrogen-bond acceptors (Lipinski definition) is 8. The molecule has 232 valence electrons. The number of hydrogen-bond donors (Lipinski definition) is 2. The van der Waals surface area contributed by atoms with E-state index in [-0.39, 0.29) is 28.4 Å². The van der Waals surface area contributed by atoms with Crippen LogP contribution in [0.3, 0.4) is 0 Å². The molecule has 2 unspecified atom stereocenters. The SMILES string of the molecule is O=S(=O)(c1cccc(OCC(O)CNC2COC3(CCN(S(=O)(=O)c4ccc5ccccc5c4)CC3)C2)c1)C1CCCC1. The summed E-state index contributed by atoms with van der Waals surface area (Å²) in [4.78, 5) is 0.585. The smallest absolute Gasteiger partial charge is 0.243 e. The molecule has 0 aromatic heterocycles. The van der Waals surface area contributed by atoms with Gasteiger partial charge in [0.2, 0.25) is 10.0 Å². The summed E-state index contributed by atoms with van der Waals surface area (Å²) >= 11 is 0. The second-order valence-electron chi connectivity index (χ2n) is 12.1. The van der Waals surface area contributed by atoms with Gasteiger partial charge in [-0.2, -0.15) is 4.31 Å². The summed E-state index contributed by atoms with van der Waals surface area (Å²) in [5.41, 5.74) is -0.375. The third-order valence-corrected chi connectivity index (χ3v) is 13.3. The third kappa shape index (κ3) is 6.62. The predicted molar refractivity (Wildman–Crippen MR) is 164 cm³/mol. The van der Waals surface area contributed by atoms with Crippen LogP contribution in [0.5, 0.6) is 5.75 Å². The van der Waals surface area contributed by atoms with Crippen LogP contribution in [0.15, 0.2) is 76.5 Å². The van der Waals surface area contributed by atoms with E-state index in [0.717, 1.165) is 30.0 Å². The standard InChI is InChI=1S/C32H40N2O7S2/c35-27(23-40-28-8-5-11-30(19-28)42(36,37)29-9-3-4-10-29)21-33-26-20-32(41-22-26)14-16-34(17-15-32)43(38,39)31-13-12-24-6-1-2-7-25(24)18-31/h1-2,5-8,11-13,18-19,26-27,29,33,35H,3-4,9-10,14-17,20-23H2. The number of fused-ring (bicyclic) bond motifs is 1. The van der Waals surface area contributed by atoms with Crippen LogP contribution in [-0.2, 0) is 24.6 Å². The van der Waals surface area contributed by atoms with Gasteiger partial charge in [-0.05, 0) is 73.2 Å². The fourth-order valence-electron chi connectivity index (χ4n) is 6.62. The second-order valence-corrected chi connectivity index (χ2v) is 16.3. The Morgan fingerprint density at radius 1 is 0.930 bits per heavy atom. The van der Waals surface area contributed by atoms with Gasteiger partial charge in [-0.3, -0.25) is 0 Å². The monoisotopic (exact) mass is 628 g/mol. The molecule has 0 bridgehead atoms. The van der Waals surface area contributed by atoms with Crippen molar-refractivity contribution in [2.75, 3.05) is 32.8 Å². The molecule has 2 atom stereocenters. The lowest BCUT2D eigenvalue weighted by Gasteiger charge is -2.38. The topological polar surface area (TPSA) is 122 Å². The maximum Gasteiger partial charge on any atom is 0.243 e. The molecule has 0 amide bonds. The zero-order valence-corrected chi connectivity index (χ0v) is 25.9. The molecule has 3 aromatic rings. The van der Waals surface area contributed by atoms with Gasteiger partial charge in [0.05, 0.1) is 27.2 Å². The van der Waals surface area contributed by atoms with Crippen LogP contribution in [0, 0.1) is 0 Å². The molecule has 6 rings (SSSR count). The van der Waals surface area contributed by atoms with E-state index in [0.29, 0.717) is 62.6 Å². The van der Waals surface area contributed by atoms with Gasteiger partial charge < -0.3 is 19.9 Å². The molecule has 0 radical (unpaired) electrons. The van der Waals surface area contributed by atoms with Gasteiger partial charge in [0.25, 0.3) is 0 Å². The molecule has 3 fully saturated rings. The minimum Gasteiger partial charge on any atom is -0.491 e. The lowest BCUT2D eigenvalue weighted by molar-refractivity contribution is -0.0312. The molecule has 2 heterocycles. The highest BCUT2D eigenvalue weighted by atomic mass is 32.2. The maximum atomic E-state index is 13.4. The Morgan fingerprint density at radius 2 is 1.67 bits per heavy atom. The summed E-state index contributed by atoms with van der Waals surface area (Å²) in [5, 5.41) is 15.5. The second kappa shape index (κ2) is 12.5. The van der Waals surface area contributed by atoms with Crippen LogP contribution in [0.4, 0.5) is 0 Å². The minimum absolute atomic E-state index is 0.0280. The molecule has 2 saturated heterocycles. The lowest BCUT2D eigenvalue weighted by atomic mass is 9.88. The highest BCUT2D eigenvalue weighted by Gasteiger charge is 2.44. The number of nitrogens with zero attached hydrogens (tertiary/aromatic N) is 1. The summed E-state index contributed by atoms with van der Waals surface area (Å²) in [6.07, 6.45) is 4.47. The number of benzene rings is 3. The number of sulfonamides is 1. The molecule has 1 spiro atoms. The average molecular weight is 629 g/mol. The van der Waals surface area contributed by atoms with Gasteiger partial charge in [0.1, 0.15) is 18.5 Å². The first-order chi connectivity index (χ1) is 20.6. The first-order valence-electron chi connectivity index (χ1n) is 15.2. The number of ether oxygens (including phenoxy) is 2. The zero-order chi connectivity index (χ0) is 30.1. The lowest BCUT2D eigenvalue weighted by Crippen LogP contribution is -2.47. The largest absolute Gasteiger partial charge is 0.491 e. The molecule has 1 saturated carbocycles. The van der Waals surface area contributed by atoms with Gasteiger partial charge in [-0.15, -0.1) is 0 Å². The van der Waals surface area contributed by atoms with Crippen LogP contribution in [0.25, 0.3) is 10.8 Å². The van der Waals surface area contributed by atoms with Crippen molar-refractivity contribution in [3.63, 3.8) is 0 Å². The summed E-state index contributed by atoms with van der Waals surface area (Å²) < 4.78 is 66.1. The highest BCUT2D eigenvalue weighted by Crippen LogP contribution is 2.38. The van der Waals surface area contributed by atoms with Crippen molar-refractivity contribution in [3.8, 4) is 5.75 Å². The van der Waals surface area contributed by atoms with Gasteiger partial charge >= 0.3 is 0 Å². The molecular formula is C32H40N2O7S2. The summed E-state index contributed by atoms with van der Waals surface area (Å²) in [6, 6.07) is 19.6. The molecule has 11 heteroatoms. The Labute approximate surface area is 254 Å². The van der Waals surface area contributed by atoms with Crippen molar-refractivity contribution in [3.05, 3.63) is 66.7 Å². The first-order valence-corrected chi connectivity index (χ1v) is 18.1. The van der Waals surface area contributed by atoms with Crippen LogP contribution in [0.2, 0.25) is 0 Å². The maximum absolute atomic E-state index is 13.4. The van der Waals surface area contributed by atoms with Gasteiger partial charge in [0, 0.05) is 25.7 Å². The number of sulfone groups is 1. The quantitative estimate of drug-likeness (QED) is 0.347. The average Bonchev–Trinajstić information content (AvgIpc) is 3.71. The van der Waals surface area contributed by atoms with E-state index < -0.39 is 26.0 Å². The van der Waals surface area contributed by atoms with Crippen LogP contribution in [-0.4, -0.2) is 82.1 Å². The number of aliphatic hydroxyl groups is 1. The summed E-state index contributed by atoms with van der Waals surface area (Å²) in [5.74, 6) is 0.423. The third-order valence-electron chi connectivity index (χ3n) is 9.16. The Kier molecular flexibility index (Phi) is 8.83. The molecular weight excluding hydrogens is 588 g/mol. The highest BCUT2D eigenvalue weighted by molar-refractivity contribution is 7.92. The van der Waals surface area contributed by atoms with E-state index in [1.165, 1.54) is 0 Å². The zero-order valence-electron chi connectivity index (χ0n) is 24.2. The van der Waals surface area contributed by atoms with E-state index >= 15 is 0 Å². The molecule has 3 aromatic carbocycles. The first kappa shape index (κ1) is 30.5. The Bertz CT molecular complexity index is 1650. The minimum atomic E-state index is -3.60. The number of aliphatic hydroxyl groups excluding tert-OH is 1. The number of rotatable bonds is 10. The van der Waals surface area contributed by atoms with Crippen molar-refractivity contribution in [1.82, 2.24) is 9.62 Å². The fraction of sp³-hybridized carbons (Fsp3) is 0.500.